The minimum absolute atomic E-state index is 0.00530. The summed E-state index contributed by atoms with van der Waals surface area (Å²) >= 11 is 0. The topological polar surface area (TPSA) is 58.6 Å². The lowest BCUT2D eigenvalue weighted by molar-refractivity contribution is -0.151. The summed E-state index contributed by atoms with van der Waals surface area (Å²) in [6.45, 7) is 8.33. The van der Waals surface area contributed by atoms with Crippen molar-refractivity contribution in [1.29, 1.82) is 0 Å². The number of piperazine rings is 1. The Morgan fingerprint density at radius 3 is 2.67 bits per heavy atom. The second-order valence-electron chi connectivity index (χ2n) is 6.59. The summed E-state index contributed by atoms with van der Waals surface area (Å²) in [5.41, 5.74) is 0. The highest BCUT2D eigenvalue weighted by Gasteiger charge is 2.41. The van der Waals surface area contributed by atoms with Crippen LogP contribution in [0.2, 0.25) is 0 Å². The first-order chi connectivity index (χ1) is 10.0. The zero-order valence-electron chi connectivity index (χ0n) is 13.4. The molecule has 1 N–H and O–H groups in total. The van der Waals surface area contributed by atoms with Gasteiger partial charge in [0.1, 0.15) is 12.1 Å². The summed E-state index contributed by atoms with van der Waals surface area (Å²) < 4.78 is 5.40. The highest BCUT2D eigenvalue weighted by Crippen LogP contribution is 2.23. The van der Waals surface area contributed by atoms with Crippen molar-refractivity contribution in [3.8, 4) is 0 Å². The van der Waals surface area contributed by atoms with Crippen LogP contribution < -0.4 is 5.32 Å². The summed E-state index contributed by atoms with van der Waals surface area (Å²) in [6, 6.07) is -0.662. The molecule has 5 heteroatoms. The number of rotatable bonds is 6. The minimum atomic E-state index is -0.336. The molecule has 0 bridgehead atoms. The maximum Gasteiger partial charge on any atom is 0.245 e. The fraction of sp³-hybridized carbons (Fsp3) is 0.875. The van der Waals surface area contributed by atoms with E-state index in [9.17, 15) is 9.59 Å². The van der Waals surface area contributed by atoms with Gasteiger partial charge in [-0.15, -0.1) is 0 Å². The molecule has 0 aromatic carbocycles. The molecule has 2 heterocycles. The van der Waals surface area contributed by atoms with Crippen LogP contribution in [0.1, 0.15) is 46.5 Å². The van der Waals surface area contributed by atoms with Crippen LogP contribution in [-0.4, -0.2) is 48.6 Å². The highest BCUT2D eigenvalue weighted by atomic mass is 16.5. The van der Waals surface area contributed by atoms with Gasteiger partial charge in [0, 0.05) is 19.8 Å². The summed E-state index contributed by atoms with van der Waals surface area (Å²) in [5.74, 6) is 0.761. The van der Waals surface area contributed by atoms with E-state index in [0.717, 1.165) is 38.9 Å². The predicted molar refractivity (Wildman–Crippen MR) is 80.7 cm³/mol. The van der Waals surface area contributed by atoms with Gasteiger partial charge in [-0.2, -0.15) is 0 Å². The van der Waals surface area contributed by atoms with E-state index in [2.05, 4.69) is 5.32 Å². The summed E-state index contributed by atoms with van der Waals surface area (Å²) in [6.07, 6.45) is 3.62. The molecule has 120 valence electrons. The van der Waals surface area contributed by atoms with Gasteiger partial charge in [-0.1, -0.05) is 27.2 Å². The monoisotopic (exact) mass is 296 g/mol. The van der Waals surface area contributed by atoms with Crippen LogP contribution >= 0.6 is 0 Å². The Kier molecular flexibility index (Phi) is 5.62. The van der Waals surface area contributed by atoms with Crippen LogP contribution in [0.4, 0.5) is 0 Å². The average molecular weight is 296 g/mol. The van der Waals surface area contributed by atoms with Gasteiger partial charge in [0.2, 0.25) is 11.8 Å². The maximum absolute atomic E-state index is 12.7. The number of hydrogen-bond acceptors (Lipinski definition) is 3. The third-order valence-electron chi connectivity index (χ3n) is 4.51. The third kappa shape index (κ3) is 3.76. The van der Waals surface area contributed by atoms with Gasteiger partial charge >= 0.3 is 0 Å². The third-order valence-corrected chi connectivity index (χ3v) is 4.51. The van der Waals surface area contributed by atoms with Gasteiger partial charge in [-0.25, -0.2) is 0 Å². The minimum Gasteiger partial charge on any atom is -0.381 e. The second kappa shape index (κ2) is 7.25. The number of amides is 2. The number of ether oxygens (including phenoxy) is 1. The predicted octanol–water partition coefficient (Wildman–Crippen LogP) is 1.56. The van der Waals surface area contributed by atoms with Crippen molar-refractivity contribution in [2.75, 3.05) is 19.8 Å². The van der Waals surface area contributed by atoms with E-state index >= 15 is 0 Å². The molecule has 0 aliphatic carbocycles. The molecule has 2 saturated heterocycles. The fourth-order valence-electron chi connectivity index (χ4n) is 3.33. The zero-order valence-corrected chi connectivity index (χ0v) is 13.4. The molecule has 2 aliphatic rings. The first kappa shape index (κ1) is 16.3. The molecule has 5 nitrogen and oxygen atoms in total. The van der Waals surface area contributed by atoms with Crippen molar-refractivity contribution < 1.29 is 14.3 Å². The number of nitrogens with zero attached hydrogens (tertiary/aromatic N) is 1. The molecule has 0 saturated carbocycles. The van der Waals surface area contributed by atoms with Crippen molar-refractivity contribution in [1.82, 2.24) is 10.2 Å². The lowest BCUT2D eigenvalue weighted by atomic mass is 9.94. The van der Waals surface area contributed by atoms with E-state index in [0.29, 0.717) is 12.5 Å². The lowest BCUT2D eigenvalue weighted by Crippen LogP contribution is -2.64. The molecule has 2 amide bonds. The van der Waals surface area contributed by atoms with Gasteiger partial charge in [-0.05, 0) is 31.1 Å². The van der Waals surface area contributed by atoms with E-state index in [1.807, 2.05) is 25.7 Å². The van der Waals surface area contributed by atoms with Gasteiger partial charge in [0.05, 0.1) is 0 Å². The summed E-state index contributed by atoms with van der Waals surface area (Å²) in [7, 11) is 0. The van der Waals surface area contributed by atoms with Crippen LogP contribution in [0.25, 0.3) is 0 Å². The Hall–Kier alpha value is -1.10. The average Bonchev–Trinajstić information content (AvgIpc) is 2.93. The van der Waals surface area contributed by atoms with Crippen molar-refractivity contribution in [3.05, 3.63) is 0 Å². The van der Waals surface area contributed by atoms with Crippen molar-refractivity contribution >= 4 is 11.8 Å². The molecule has 3 atom stereocenters. The standard InChI is InChI=1S/C16H28N2O3/c1-4-5-13-16(20)18(8-6-12-7-9-21-10-12)14(11(2)3)15(19)17-13/h11-14H,4-10H2,1-3H3,(H,17,19). The van der Waals surface area contributed by atoms with Gasteiger partial charge in [0.25, 0.3) is 0 Å². The van der Waals surface area contributed by atoms with E-state index in [-0.39, 0.29) is 29.8 Å². The molecule has 0 aromatic heterocycles. The van der Waals surface area contributed by atoms with Crippen molar-refractivity contribution in [2.24, 2.45) is 11.8 Å². The quantitative estimate of drug-likeness (QED) is 0.809. The first-order valence-corrected chi connectivity index (χ1v) is 8.23. The number of hydrogen-bond donors (Lipinski definition) is 1. The first-order valence-electron chi connectivity index (χ1n) is 8.23. The molecule has 2 fully saturated rings. The normalized spacial score (nSPS) is 30.1. The van der Waals surface area contributed by atoms with Crippen molar-refractivity contribution in [3.63, 3.8) is 0 Å². The molecule has 0 aromatic rings. The number of carbonyl (C=O) groups is 2. The Bertz CT molecular complexity index is 378. The summed E-state index contributed by atoms with van der Waals surface area (Å²) in [5, 5.41) is 2.90. The molecular formula is C16H28N2O3. The van der Waals surface area contributed by atoms with Crippen LogP contribution in [0, 0.1) is 11.8 Å². The highest BCUT2D eigenvalue weighted by molar-refractivity contribution is 5.97. The largest absolute Gasteiger partial charge is 0.381 e. The molecule has 0 spiro atoms. The second-order valence-corrected chi connectivity index (χ2v) is 6.59. The van der Waals surface area contributed by atoms with E-state index < -0.39 is 0 Å². The fourth-order valence-corrected chi connectivity index (χ4v) is 3.33. The SMILES string of the molecule is CCCC1NC(=O)C(C(C)C)N(CCC2CCOC2)C1=O. The van der Waals surface area contributed by atoms with Crippen LogP contribution in [0.3, 0.4) is 0 Å². The van der Waals surface area contributed by atoms with E-state index in [1.54, 1.807) is 0 Å². The Balaban J connectivity index is 2.05. The molecule has 21 heavy (non-hydrogen) atoms. The number of carbonyl (C=O) groups excluding carboxylic acids is 2. The van der Waals surface area contributed by atoms with Crippen LogP contribution in [-0.2, 0) is 14.3 Å². The molecule has 0 radical (unpaired) electrons. The number of nitrogens with one attached hydrogen (secondary N) is 1. The van der Waals surface area contributed by atoms with Crippen LogP contribution in [0.15, 0.2) is 0 Å². The molecule has 3 unspecified atom stereocenters. The van der Waals surface area contributed by atoms with Gasteiger partial charge < -0.3 is 15.0 Å². The maximum atomic E-state index is 12.7. The zero-order chi connectivity index (χ0) is 15.4. The molecule has 2 rings (SSSR count). The van der Waals surface area contributed by atoms with Crippen molar-refractivity contribution in [2.45, 2.75) is 58.5 Å². The smallest absolute Gasteiger partial charge is 0.245 e. The molecule has 2 aliphatic heterocycles. The Morgan fingerprint density at radius 1 is 1.33 bits per heavy atom. The van der Waals surface area contributed by atoms with E-state index in [1.165, 1.54) is 0 Å². The van der Waals surface area contributed by atoms with E-state index in [4.69, 9.17) is 4.74 Å². The Labute approximate surface area is 127 Å². The molecular weight excluding hydrogens is 268 g/mol. The van der Waals surface area contributed by atoms with Crippen LogP contribution in [0.5, 0.6) is 0 Å². The van der Waals surface area contributed by atoms with Gasteiger partial charge in [0.15, 0.2) is 0 Å². The Morgan fingerprint density at radius 2 is 2.10 bits per heavy atom. The van der Waals surface area contributed by atoms with Gasteiger partial charge in [-0.3, -0.25) is 9.59 Å². The summed E-state index contributed by atoms with van der Waals surface area (Å²) in [4.78, 5) is 26.8. The lowest BCUT2D eigenvalue weighted by Gasteiger charge is -2.41.